The van der Waals surface area contributed by atoms with Crippen molar-refractivity contribution in [1.82, 2.24) is 15.5 Å². The highest BCUT2D eigenvalue weighted by Gasteiger charge is 2.34. The normalized spacial score (nSPS) is 12.7. The van der Waals surface area contributed by atoms with Crippen LogP contribution in [0.4, 0.5) is 0 Å². The van der Waals surface area contributed by atoms with Gasteiger partial charge in [0.25, 0.3) is 17.7 Å². The molecule has 3 rings (SSSR count). The molecule has 0 unspecified atom stereocenters. The van der Waals surface area contributed by atoms with Crippen LogP contribution in [0.15, 0.2) is 42.5 Å². The molecule has 0 spiro atoms. The van der Waals surface area contributed by atoms with Crippen LogP contribution in [-0.2, 0) is 4.79 Å². The zero-order chi connectivity index (χ0) is 21.7. The highest BCUT2D eigenvalue weighted by molar-refractivity contribution is 6.36. The molecule has 7 nitrogen and oxygen atoms in total. The van der Waals surface area contributed by atoms with Crippen molar-refractivity contribution < 1.29 is 19.2 Å². The van der Waals surface area contributed by atoms with Gasteiger partial charge in [-0.2, -0.15) is 0 Å². The molecule has 0 fully saturated rings. The Morgan fingerprint density at radius 2 is 1.53 bits per heavy atom. The Hall–Kier alpha value is -2.90. The Morgan fingerprint density at radius 3 is 2.17 bits per heavy atom. The highest BCUT2D eigenvalue weighted by atomic mass is 35.5. The van der Waals surface area contributed by atoms with E-state index in [4.69, 9.17) is 23.2 Å². The van der Waals surface area contributed by atoms with Gasteiger partial charge in [0.05, 0.1) is 21.7 Å². The molecule has 0 aromatic heterocycles. The quantitative estimate of drug-likeness (QED) is 0.480. The number of rotatable bonds is 8. The van der Waals surface area contributed by atoms with Crippen LogP contribution in [0.5, 0.6) is 0 Å². The van der Waals surface area contributed by atoms with Gasteiger partial charge in [-0.15, -0.1) is 0 Å². The smallest absolute Gasteiger partial charge is 0.261 e. The first-order chi connectivity index (χ1) is 14.4. The Morgan fingerprint density at radius 1 is 0.900 bits per heavy atom. The van der Waals surface area contributed by atoms with Crippen LogP contribution in [0.25, 0.3) is 0 Å². The standard InChI is InChI=1S/C21H19Cl2N3O4/c22-13-7-8-16(17(23)12-13)19(28)25-10-9-24-18(27)6-3-11-26-20(29)14-4-1-2-5-15(14)21(26)30/h1-2,4-5,7-8,12H,3,6,9-11H2,(H,24,27)(H,25,28). The van der Waals surface area contributed by atoms with E-state index in [9.17, 15) is 19.2 Å². The zero-order valence-electron chi connectivity index (χ0n) is 15.9. The van der Waals surface area contributed by atoms with E-state index in [0.717, 1.165) is 4.90 Å². The fourth-order valence-electron chi connectivity index (χ4n) is 3.08. The Kier molecular flexibility index (Phi) is 7.07. The highest BCUT2D eigenvalue weighted by Crippen LogP contribution is 2.23. The number of nitrogens with one attached hydrogen (secondary N) is 2. The number of imide groups is 1. The van der Waals surface area contributed by atoms with E-state index in [1.165, 1.54) is 12.1 Å². The third-order valence-electron chi connectivity index (χ3n) is 4.57. The molecule has 2 aromatic carbocycles. The number of nitrogens with zero attached hydrogens (tertiary/aromatic N) is 1. The number of hydrogen-bond acceptors (Lipinski definition) is 4. The lowest BCUT2D eigenvalue weighted by Crippen LogP contribution is -2.35. The molecule has 0 saturated heterocycles. The molecule has 0 saturated carbocycles. The van der Waals surface area contributed by atoms with Crippen LogP contribution < -0.4 is 10.6 Å². The van der Waals surface area contributed by atoms with E-state index >= 15 is 0 Å². The van der Waals surface area contributed by atoms with Gasteiger partial charge >= 0.3 is 0 Å². The predicted octanol–water partition coefficient (Wildman–Crippen LogP) is 2.92. The Labute approximate surface area is 183 Å². The van der Waals surface area contributed by atoms with Crippen molar-refractivity contribution >= 4 is 46.8 Å². The van der Waals surface area contributed by atoms with E-state index in [1.807, 2.05) is 0 Å². The van der Waals surface area contributed by atoms with Crippen molar-refractivity contribution in [1.29, 1.82) is 0 Å². The summed E-state index contributed by atoms with van der Waals surface area (Å²) in [6.45, 7) is 0.635. The molecule has 0 bridgehead atoms. The van der Waals surface area contributed by atoms with E-state index in [1.54, 1.807) is 30.3 Å². The average Bonchev–Trinajstić information content (AvgIpc) is 2.96. The summed E-state index contributed by atoms with van der Waals surface area (Å²) in [5.41, 5.74) is 1.08. The Bertz CT molecular complexity index is 974. The van der Waals surface area contributed by atoms with Gasteiger partial charge in [-0.1, -0.05) is 35.3 Å². The van der Waals surface area contributed by atoms with E-state index in [0.29, 0.717) is 28.1 Å². The number of carbonyl (C=O) groups excluding carboxylic acids is 4. The van der Waals surface area contributed by atoms with Crippen LogP contribution in [0.2, 0.25) is 10.0 Å². The van der Waals surface area contributed by atoms with Crippen molar-refractivity contribution in [3.63, 3.8) is 0 Å². The number of hydrogen-bond donors (Lipinski definition) is 2. The minimum Gasteiger partial charge on any atom is -0.354 e. The minimum absolute atomic E-state index is 0.157. The van der Waals surface area contributed by atoms with Crippen molar-refractivity contribution in [3.8, 4) is 0 Å². The minimum atomic E-state index is -0.364. The molecular weight excluding hydrogens is 429 g/mol. The predicted molar refractivity (Wildman–Crippen MR) is 113 cm³/mol. The van der Waals surface area contributed by atoms with Gasteiger partial charge in [-0.05, 0) is 36.8 Å². The molecular formula is C21H19Cl2N3O4. The summed E-state index contributed by atoms with van der Waals surface area (Å²) >= 11 is 11.8. The maximum Gasteiger partial charge on any atom is 0.261 e. The summed E-state index contributed by atoms with van der Waals surface area (Å²) in [5.74, 6) is -1.26. The number of carbonyl (C=O) groups is 4. The second-order valence-electron chi connectivity index (χ2n) is 6.64. The fourth-order valence-corrected chi connectivity index (χ4v) is 3.57. The Balaban J connectivity index is 1.35. The van der Waals surface area contributed by atoms with Crippen molar-refractivity contribution in [2.24, 2.45) is 0 Å². The second-order valence-corrected chi connectivity index (χ2v) is 7.48. The van der Waals surface area contributed by atoms with Gasteiger partial charge in [0.15, 0.2) is 0 Å². The summed E-state index contributed by atoms with van der Waals surface area (Å²) in [6.07, 6.45) is 0.508. The van der Waals surface area contributed by atoms with Gasteiger partial charge in [0.2, 0.25) is 5.91 Å². The number of halogens is 2. The molecule has 2 N–H and O–H groups in total. The number of benzene rings is 2. The molecule has 4 amide bonds. The van der Waals surface area contributed by atoms with Crippen molar-refractivity contribution in [2.75, 3.05) is 19.6 Å². The lowest BCUT2D eigenvalue weighted by Gasteiger charge is -2.13. The molecule has 1 aliphatic rings. The fraction of sp³-hybridized carbons (Fsp3) is 0.238. The number of fused-ring (bicyclic) bond motifs is 1. The van der Waals surface area contributed by atoms with Crippen LogP contribution in [0, 0.1) is 0 Å². The molecule has 1 heterocycles. The van der Waals surface area contributed by atoms with Crippen molar-refractivity contribution in [3.05, 3.63) is 69.2 Å². The first kappa shape index (κ1) is 21.8. The summed E-state index contributed by atoms with van der Waals surface area (Å²) in [4.78, 5) is 49.7. The monoisotopic (exact) mass is 447 g/mol. The van der Waals surface area contributed by atoms with Gasteiger partial charge in [-0.3, -0.25) is 24.1 Å². The zero-order valence-corrected chi connectivity index (χ0v) is 17.4. The number of amides is 4. The summed E-state index contributed by atoms with van der Waals surface area (Å²) in [6, 6.07) is 11.2. The first-order valence-corrected chi connectivity index (χ1v) is 10.1. The lowest BCUT2D eigenvalue weighted by molar-refractivity contribution is -0.121. The molecule has 9 heteroatoms. The van der Waals surface area contributed by atoms with Crippen molar-refractivity contribution in [2.45, 2.75) is 12.8 Å². The third kappa shape index (κ3) is 4.98. The van der Waals surface area contributed by atoms with Crippen LogP contribution in [0.1, 0.15) is 43.9 Å². The van der Waals surface area contributed by atoms with Crippen LogP contribution in [-0.4, -0.2) is 48.2 Å². The van der Waals surface area contributed by atoms with E-state index in [-0.39, 0.29) is 54.7 Å². The van der Waals surface area contributed by atoms with Crippen LogP contribution >= 0.6 is 23.2 Å². The largest absolute Gasteiger partial charge is 0.354 e. The third-order valence-corrected chi connectivity index (χ3v) is 5.12. The summed E-state index contributed by atoms with van der Waals surface area (Å²) < 4.78 is 0. The molecule has 156 valence electrons. The van der Waals surface area contributed by atoms with E-state index < -0.39 is 0 Å². The summed E-state index contributed by atoms with van der Waals surface area (Å²) in [5, 5.41) is 6.02. The van der Waals surface area contributed by atoms with Gasteiger partial charge in [0, 0.05) is 31.1 Å². The first-order valence-electron chi connectivity index (χ1n) is 9.33. The van der Waals surface area contributed by atoms with Gasteiger partial charge < -0.3 is 10.6 Å². The second kappa shape index (κ2) is 9.73. The average molecular weight is 448 g/mol. The maximum atomic E-state index is 12.3. The molecule has 1 aliphatic heterocycles. The SMILES string of the molecule is O=C(CCCN1C(=O)c2ccccc2C1=O)NCCNC(=O)c1ccc(Cl)cc1Cl. The molecule has 0 atom stereocenters. The molecule has 2 aromatic rings. The topological polar surface area (TPSA) is 95.6 Å². The summed E-state index contributed by atoms with van der Waals surface area (Å²) in [7, 11) is 0. The van der Waals surface area contributed by atoms with Crippen LogP contribution in [0.3, 0.4) is 0 Å². The van der Waals surface area contributed by atoms with Gasteiger partial charge in [-0.25, -0.2) is 0 Å². The maximum absolute atomic E-state index is 12.3. The molecule has 0 radical (unpaired) electrons. The lowest BCUT2D eigenvalue weighted by atomic mass is 10.1. The molecule has 30 heavy (non-hydrogen) atoms. The molecule has 0 aliphatic carbocycles. The van der Waals surface area contributed by atoms with Gasteiger partial charge in [0.1, 0.15) is 0 Å². The van der Waals surface area contributed by atoms with E-state index in [2.05, 4.69) is 10.6 Å².